The van der Waals surface area contributed by atoms with E-state index in [1.165, 1.54) is 27.7 Å². The quantitative estimate of drug-likeness (QED) is 0.0751. The number of aliphatic hydroxyl groups excluding tert-OH is 6. The SMILES string of the molecule is CC(=O)O[C@@H]1[C@@H](OC(C)=O)[C@H](C)O[C@@H](O[C@@]2(C)C[C@H](C=C(C)C)O[C@]34C[C@]5(CO3)[C@H](CC[C@@H]3[C@@]6(C)CC[C@H](O[C@@H]7O[C@H](CO[C@@H]8O[C@@H](C)[C@H](O)[C@@H](O)[C@H]8O)[C@@H](O)[C@H](O)[C@H]7O)C(C)(C)[C@@H]6CC[C@]35C)[C@H]42)[C@@H]1OC(C)=O. The highest BCUT2D eigenvalue weighted by molar-refractivity contribution is 5.68. The van der Waals surface area contributed by atoms with Crippen LogP contribution in [0.1, 0.15) is 134 Å². The Morgan fingerprint density at radius 1 is 0.649 bits per heavy atom. The third-order valence-corrected chi connectivity index (χ3v) is 20.0. The zero-order chi connectivity index (χ0) is 54.0. The van der Waals surface area contributed by atoms with Crippen LogP contribution in [0.4, 0.5) is 0 Å². The number of allylic oxidation sites excluding steroid dienone is 1. The topological polar surface area (TPSA) is 274 Å². The molecule has 4 saturated carbocycles. The van der Waals surface area contributed by atoms with Crippen molar-refractivity contribution < 1.29 is 97.1 Å². The van der Waals surface area contributed by atoms with Crippen LogP contribution in [-0.4, -0.2) is 177 Å². The Balaban J connectivity index is 0.961. The Labute approximate surface area is 434 Å². The van der Waals surface area contributed by atoms with Gasteiger partial charge in [0.05, 0.1) is 43.2 Å². The van der Waals surface area contributed by atoms with Crippen molar-refractivity contribution in [2.45, 2.75) is 250 Å². The number of carbonyl (C=O) groups excluding carboxylic acids is 3. The maximum atomic E-state index is 12.8. The molecule has 0 aromatic carbocycles. The van der Waals surface area contributed by atoms with Crippen LogP contribution >= 0.6 is 0 Å². The minimum absolute atomic E-state index is 0.103. The zero-order valence-corrected chi connectivity index (χ0v) is 45.2. The van der Waals surface area contributed by atoms with E-state index in [4.69, 9.17) is 52.1 Å². The highest BCUT2D eigenvalue weighted by Gasteiger charge is 2.81. The van der Waals surface area contributed by atoms with E-state index in [-0.39, 0.29) is 46.5 Å². The lowest BCUT2D eigenvalue weighted by Gasteiger charge is -2.70. The lowest BCUT2D eigenvalue weighted by molar-refractivity contribution is -0.384. The van der Waals surface area contributed by atoms with Gasteiger partial charge in [-0.1, -0.05) is 39.3 Å². The third-order valence-electron chi connectivity index (χ3n) is 20.0. The van der Waals surface area contributed by atoms with Crippen molar-refractivity contribution in [2.75, 3.05) is 13.2 Å². The van der Waals surface area contributed by atoms with Gasteiger partial charge in [-0.15, -0.1) is 0 Å². The average molecular weight is 1050 g/mol. The summed E-state index contributed by atoms with van der Waals surface area (Å²) < 4.78 is 69.8. The predicted octanol–water partition coefficient (Wildman–Crippen LogP) is 3.10. The van der Waals surface area contributed by atoms with Crippen LogP contribution < -0.4 is 0 Å². The van der Waals surface area contributed by atoms with Gasteiger partial charge >= 0.3 is 17.9 Å². The lowest BCUT2D eigenvalue weighted by Crippen LogP contribution is -2.69. The summed E-state index contributed by atoms with van der Waals surface area (Å²) in [6, 6.07) is 0. The Hall–Kier alpha value is -2.41. The molecule has 9 aliphatic rings. The summed E-state index contributed by atoms with van der Waals surface area (Å²) >= 11 is 0. The summed E-state index contributed by atoms with van der Waals surface area (Å²) in [5, 5.41) is 64.4. The van der Waals surface area contributed by atoms with Crippen molar-refractivity contribution in [3.05, 3.63) is 11.6 Å². The van der Waals surface area contributed by atoms with Crippen LogP contribution in [0, 0.1) is 45.3 Å². The summed E-state index contributed by atoms with van der Waals surface area (Å²) in [5.74, 6) is -2.66. The molecular weight excluding hydrogens is 969 g/mol. The van der Waals surface area contributed by atoms with Gasteiger partial charge < -0.3 is 82.7 Å². The van der Waals surface area contributed by atoms with Gasteiger partial charge in [0.25, 0.3) is 0 Å². The van der Waals surface area contributed by atoms with Gasteiger partial charge in [-0.3, -0.25) is 14.4 Å². The van der Waals surface area contributed by atoms with Crippen LogP contribution in [0.5, 0.6) is 0 Å². The molecule has 26 atom stereocenters. The maximum Gasteiger partial charge on any atom is 0.303 e. The molecule has 420 valence electrons. The lowest BCUT2D eigenvalue weighted by atomic mass is 9.35. The van der Waals surface area contributed by atoms with E-state index in [1.54, 1.807) is 6.92 Å². The molecule has 6 N–H and O–H groups in total. The molecule has 0 radical (unpaired) electrons. The van der Waals surface area contributed by atoms with Gasteiger partial charge in [0, 0.05) is 44.9 Å². The van der Waals surface area contributed by atoms with Crippen molar-refractivity contribution in [3.63, 3.8) is 0 Å². The number of fused-ring (bicyclic) bond motifs is 4. The summed E-state index contributed by atoms with van der Waals surface area (Å²) in [6.07, 6.45) is -12.1. The largest absolute Gasteiger partial charge is 0.456 e. The molecule has 20 heteroatoms. The fraction of sp³-hybridized carbons (Fsp3) is 0.907. The monoisotopic (exact) mass is 1050 g/mol. The van der Waals surface area contributed by atoms with E-state index in [0.29, 0.717) is 25.9 Å². The number of hydrogen-bond donors (Lipinski definition) is 6. The Morgan fingerprint density at radius 3 is 1.93 bits per heavy atom. The number of carbonyl (C=O) groups is 3. The highest BCUT2D eigenvalue weighted by atomic mass is 16.8. The smallest absolute Gasteiger partial charge is 0.303 e. The molecular formula is C54H84O20. The number of ether oxygens (including phenoxy) is 11. The molecule has 0 unspecified atom stereocenters. The van der Waals surface area contributed by atoms with Crippen LogP contribution in [0.25, 0.3) is 0 Å². The normalized spacial score (nSPS) is 52.3. The van der Waals surface area contributed by atoms with Crippen molar-refractivity contribution in [2.24, 2.45) is 45.3 Å². The molecule has 0 aromatic rings. The Kier molecular flexibility index (Phi) is 15.3. The number of rotatable bonds is 11. The maximum absolute atomic E-state index is 12.8. The fourth-order valence-electron chi connectivity index (χ4n) is 16.9. The second-order valence-corrected chi connectivity index (χ2v) is 25.1. The van der Waals surface area contributed by atoms with Crippen LogP contribution in [-0.2, 0) is 66.5 Å². The molecule has 4 aliphatic carbocycles. The first-order valence-electron chi connectivity index (χ1n) is 27.0. The van der Waals surface area contributed by atoms with Crippen molar-refractivity contribution in [1.82, 2.24) is 0 Å². The molecule has 2 spiro atoms. The second kappa shape index (κ2) is 20.0. The van der Waals surface area contributed by atoms with Crippen LogP contribution in [0.3, 0.4) is 0 Å². The summed E-state index contributed by atoms with van der Waals surface area (Å²) in [4.78, 5) is 37.8. The van der Waals surface area contributed by atoms with Crippen molar-refractivity contribution in [1.29, 1.82) is 0 Å². The molecule has 20 nitrogen and oxygen atoms in total. The van der Waals surface area contributed by atoms with Gasteiger partial charge in [0.1, 0.15) is 42.7 Å². The minimum Gasteiger partial charge on any atom is -0.456 e. The molecule has 5 aliphatic heterocycles. The molecule has 74 heavy (non-hydrogen) atoms. The second-order valence-electron chi connectivity index (χ2n) is 25.1. The van der Waals surface area contributed by atoms with E-state index in [0.717, 1.165) is 37.7 Å². The van der Waals surface area contributed by atoms with Gasteiger partial charge in [0.15, 0.2) is 43.0 Å². The van der Waals surface area contributed by atoms with Crippen molar-refractivity contribution >= 4 is 17.9 Å². The summed E-state index contributed by atoms with van der Waals surface area (Å²) in [7, 11) is 0. The van der Waals surface area contributed by atoms with E-state index in [2.05, 4.69) is 40.7 Å². The van der Waals surface area contributed by atoms with Gasteiger partial charge in [-0.05, 0) is 107 Å². The van der Waals surface area contributed by atoms with E-state index >= 15 is 0 Å². The fourth-order valence-corrected chi connectivity index (χ4v) is 16.9. The minimum atomic E-state index is -1.64. The molecule has 9 rings (SSSR count). The van der Waals surface area contributed by atoms with Gasteiger partial charge in [-0.25, -0.2) is 0 Å². The van der Waals surface area contributed by atoms with E-state index in [9.17, 15) is 45.0 Å². The highest BCUT2D eigenvalue weighted by Crippen LogP contribution is 2.80. The summed E-state index contributed by atoms with van der Waals surface area (Å²) in [6.45, 7) is 22.6. The molecule has 5 heterocycles. The van der Waals surface area contributed by atoms with Crippen LogP contribution in [0.2, 0.25) is 0 Å². The molecule has 0 amide bonds. The average Bonchev–Trinajstić information content (AvgIpc) is 3.82. The molecule has 2 bridgehead atoms. The van der Waals surface area contributed by atoms with Crippen LogP contribution in [0.15, 0.2) is 11.6 Å². The number of esters is 3. The molecule has 9 fully saturated rings. The summed E-state index contributed by atoms with van der Waals surface area (Å²) in [5.41, 5.74) is -1.02. The Bertz CT molecular complexity index is 2140. The number of hydrogen-bond acceptors (Lipinski definition) is 20. The van der Waals surface area contributed by atoms with Gasteiger partial charge in [-0.2, -0.15) is 0 Å². The number of aliphatic hydroxyl groups is 6. The molecule has 0 aromatic heterocycles. The first-order chi connectivity index (χ1) is 34.5. The first-order valence-corrected chi connectivity index (χ1v) is 27.0. The standard InChI is InChI=1S/C54H84O20/c1-24(2)19-30-20-52(12,74-48-44(70-29(7)57)43(69-28(6)56)42(26(4)67-48)68-27(5)55)45-31-13-14-34-50(10)17-16-35(49(8,9)33(50)15-18-51(34,11)53(31)22-54(45,73-30)65-23-53)72-47-41(63)39(61)37(59)32(71-47)21-64-46-40(62)38(60)36(58)25(3)66-46/h19,25-26,30-48,58-63H,13-18,20-23H2,1-12H3/t25-,26-,30-,31+,32+,33-,34+,35-,36-,37+,38+,39-,40+,41+,42-,43+,44+,45-,46+,47-,48-,50-,51+,52-,53-,54-/m0/s1. The van der Waals surface area contributed by atoms with E-state index in [1.807, 2.05) is 13.8 Å². The zero-order valence-electron chi connectivity index (χ0n) is 45.2. The Morgan fingerprint density at radius 2 is 1.27 bits per heavy atom. The van der Waals surface area contributed by atoms with Crippen molar-refractivity contribution in [3.8, 4) is 0 Å². The predicted molar refractivity (Wildman–Crippen MR) is 257 cm³/mol. The molecule has 5 saturated heterocycles. The van der Waals surface area contributed by atoms with E-state index < -0.39 is 139 Å². The van der Waals surface area contributed by atoms with Gasteiger partial charge in [0.2, 0.25) is 0 Å². The third kappa shape index (κ3) is 9.21. The first kappa shape index (κ1) is 56.3.